The highest BCUT2D eigenvalue weighted by Crippen LogP contribution is 2.25. The molecule has 1 amide bonds. The SMILES string of the molecule is O=C1CCC(C(=O)N2CC(O)C2)CC1. The zero-order valence-corrected chi connectivity index (χ0v) is 8.11. The smallest absolute Gasteiger partial charge is 0.225 e. The van der Waals surface area contributed by atoms with Crippen LogP contribution in [0.5, 0.6) is 0 Å². The van der Waals surface area contributed by atoms with Crippen LogP contribution < -0.4 is 0 Å². The number of amides is 1. The van der Waals surface area contributed by atoms with E-state index in [-0.39, 0.29) is 23.7 Å². The molecule has 0 aromatic heterocycles. The quantitative estimate of drug-likeness (QED) is 0.641. The van der Waals surface area contributed by atoms with E-state index in [1.165, 1.54) is 0 Å². The minimum Gasteiger partial charge on any atom is -0.389 e. The van der Waals surface area contributed by atoms with Crippen molar-refractivity contribution in [3.63, 3.8) is 0 Å². The summed E-state index contributed by atoms with van der Waals surface area (Å²) in [5, 5.41) is 9.06. The Kier molecular flexibility index (Phi) is 2.54. The molecule has 14 heavy (non-hydrogen) atoms. The summed E-state index contributed by atoms with van der Waals surface area (Å²) in [6.45, 7) is 0.951. The summed E-state index contributed by atoms with van der Waals surface area (Å²) in [6.07, 6.45) is 2.16. The molecule has 4 nitrogen and oxygen atoms in total. The summed E-state index contributed by atoms with van der Waals surface area (Å²) in [4.78, 5) is 24.4. The summed E-state index contributed by atoms with van der Waals surface area (Å²) in [6, 6.07) is 0. The van der Waals surface area contributed by atoms with Crippen LogP contribution in [0.2, 0.25) is 0 Å². The number of aliphatic hydroxyl groups is 1. The first kappa shape index (κ1) is 9.65. The summed E-state index contributed by atoms with van der Waals surface area (Å²) < 4.78 is 0. The molecule has 2 fully saturated rings. The van der Waals surface area contributed by atoms with Gasteiger partial charge in [-0.1, -0.05) is 0 Å². The summed E-state index contributed by atoms with van der Waals surface area (Å²) >= 11 is 0. The molecular formula is C10H15NO3. The Labute approximate surface area is 82.9 Å². The van der Waals surface area contributed by atoms with Gasteiger partial charge in [0, 0.05) is 31.8 Å². The van der Waals surface area contributed by atoms with Crippen LogP contribution in [0.3, 0.4) is 0 Å². The predicted octanol–water partition coefficient (Wildman–Crippen LogP) is -0.0512. The van der Waals surface area contributed by atoms with E-state index in [0.29, 0.717) is 38.8 Å². The van der Waals surface area contributed by atoms with Crippen molar-refractivity contribution < 1.29 is 14.7 Å². The summed E-state index contributed by atoms with van der Waals surface area (Å²) in [5.74, 6) is 0.431. The van der Waals surface area contributed by atoms with Gasteiger partial charge in [0.25, 0.3) is 0 Å². The Balaban J connectivity index is 1.83. The zero-order chi connectivity index (χ0) is 10.1. The molecule has 4 heteroatoms. The fourth-order valence-electron chi connectivity index (χ4n) is 2.08. The molecule has 0 aromatic carbocycles. The van der Waals surface area contributed by atoms with Crippen LogP contribution in [0, 0.1) is 5.92 Å². The average molecular weight is 197 g/mol. The summed E-state index contributed by atoms with van der Waals surface area (Å²) in [7, 11) is 0. The van der Waals surface area contributed by atoms with E-state index in [1.54, 1.807) is 4.90 Å². The molecular weight excluding hydrogens is 182 g/mol. The molecule has 0 bridgehead atoms. The van der Waals surface area contributed by atoms with E-state index in [2.05, 4.69) is 0 Å². The second kappa shape index (κ2) is 3.69. The standard InChI is InChI=1S/C10H15NO3/c12-8-3-1-7(2-4-8)10(14)11-5-9(13)6-11/h7,9,13H,1-6H2. The van der Waals surface area contributed by atoms with Gasteiger partial charge in [-0.25, -0.2) is 0 Å². The van der Waals surface area contributed by atoms with Gasteiger partial charge >= 0.3 is 0 Å². The highest BCUT2D eigenvalue weighted by Gasteiger charge is 2.34. The van der Waals surface area contributed by atoms with Crippen LogP contribution in [-0.2, 0) is 9.59 Å². The first-order valence-electron chi connectivity index (χ1n) is 5.15. The van der Waals surface area contributed by atoms with E-state index >= 15 is 0 Å². The Bertz CT molecular complexity index is 248. The highest BCUT2D eigenvalue weighted by molar-refractivity contribution is 5.85. The number of nitrogens with zero attached hydrogens (tertiary/aromatic N) is 1. The van der Waals surface area contributed by atoms with Gasteiger partial charge in [-0.05, 0) is 12.8 Å². The van der Waals surface area contributed by atoms with Gasteiger partial charge in [0.1, 0.15) is 5.78 Å². The van der Waals surface area contributed by atoms with Crippen LogP contribution in [-0.4, -0.2) is 40.9 Å². The lowest BCUT2D eigenvalue weighted by Gasteiger charge is -2.38. The second-order valence-electron chi connectivity index (χ2n) is 4.21. The van der Waals surface area contributed by atoms with E-state index in [1.807, 2.05) is 0 Å². The first-order valence-corrected chi connectivity index (χ1v) is 5.15. The van der Waals surface area contributed by atoms with Crippen molar-refractivity contribution in [2.45, 2.75) is 31.8 Å². The monoisotopic (exact) mass is 197 g/mol. The number of carbonyl (C=O) groups excluding carboxylic acids is 2. The third-order valence-electron chi connectivity index (χ3n) is 3.07. The molecule has 1 aliphatic heterocycles. The maximum absolute atomic E-state index is 11.7. The molecule has 1 saturated heterocycles. The fraction of sp³-hybridized carbons (Fsp3) is 0.800. The molecule has 0 aromatic rings. The molecule has 2 rings (SSSR count). The van der Waals surface area contributed by atoms with Gasteiger partial charge in [0.05, 0.1) is 6.10 Å². The second-order valence-corrected chi connectivity index (χ2v) is 4.21. The molecule has 0 spiro atoms. The van der Waals surface area contributed by atoms with E-state index < -0.39 is 0 Å². The topological polar surface area (TPSA) is 57.6 Å². The molecule has 78 valence electrons. The van der Waals surface area contributed by atoms with Crippen LogP contribution in [0.15, 0.2) is 0 Å². The lowest BCUT2D eigenvalue weighted by molar-refractivity contribution is -0.147. The highest BCUT2D eigenvalue weighted by atomic mass is 16.3. The Hall–Kier alpha value is -0.900. The van der Waals surface area contributed by atoms with E-state index in [9.17, 15) is 9.59 Å². The van der Waals surface area contributed by atoms with Gasteiger partial charge in [-0.3, -0.25) is 9.59 Å². The minimum atomic E-state index is -0.329. The Morgan fingerprint density at radius 3 is 2.36 bits per heavy atom. The Morgan fingerprint density at radius 2 is 1.86 bits per heavy atom. The van der Waals surface area contributed by atoms with Gasteiger partial charge < -0.3 is 10.0 Å². The number of β-amino-alcohol motifs (C(OH)–C–C–N with tert-alkyl or cyclic N) is 1. The lowest BCUT2D eigenvalue weighted by atomic mass is 9.87. The van der Waals surface area contributed by atoms with E-state index in [0.717, 1.165) is 0 Å². The van der Waals surface area contributed by atoms with Crippen molar-refractivity contribution in [1.29, 1.82) is 0 Å². The van der Waals surface area contributed by atoms with Crippen LogP contribution in [0.4, 0.5) is 0 Å². The maximum atomic E-state index is 11.7. The Morgan fingerprint density at radius 1 is 1.29 bits per heavy atom. The summed E-state index contributed by atoms with van der Waals surface area (Å²) in [5.41, 5.74) is 0. The molecule has 2 aliphatic rings. The third-order valence-corrected chi connectivity index (χ3v) is 3.07. The minimum absolute atomic E-state index is 0.0280. The van der Waals surface area contributed by atoms with Crippen molar-refractivity contribution in [1.82, 2.24) is 4.90 Å². The molecule has 0 radical (unpaired) electrons. The predicted molar refractivity (Wildman–Crippen MR) is 49.6 cm³/mol. The number of Topliss-reactive ketones (excluding diaryl/α,β-unsaturated/α-hetero) is 1. The van der Waals surface area contributed by atoms with Crippen molar-refractivity contribution in [2.24, 2.45) is 5.92 Å². The van der Waals surface area contributed by atoms with Gasteiger partial charge in [0.15, 0.2) is 0 Å². The number of aliphatic hydroxyl groups excluding tert-OH is 1. The van der Waals surface area contributed by atoms with Crippen molar-refractivity contribution in [3.05, 3.63) is 0 Å². The maximum Gasteiger partial charge on any atom is 0.225 e. The van der Waals surface area contributed by atoms with Gasteiger partial charge in [-0.2, -0.15) is 0 Å². The average Bonchev–Trinajstić information content (AvgIpc) is 2.13. The van der Waals surface area contributed by atoms with Crippen LogP contribution in [0.1, 0.15) is 25.7 Å². The molecule has 1 N–H and O–H groups in total. The van der Waals surface area contributed by atoms with Crippen molar-refractivity contribution >= 4 is 11.7 Å². The van der Waals surface area contributed by atoms with Crippen molar-refractivity contribution in [3.8, 4) is 0 Å². The molecule has 0 unspecified atom stereocenters. The molecule has 1 heterocycles. The first-order chi connectivity index (χ1) is 6.66. The number of carbonyl (C=O) groups is 2. The number of hydrogen-bond donors (Lipinski definition) is 1. The van der Waals surface area contributed by atoms with Crippen molar-refractivity contribution in [2.75, 3.05) is 13.1 Å². The zero-order valence-electron chi connectivity index (χ0n) is 8.11. The van der Waals surface area contributed by atoms with Gasteiger partial charge in [-0.15, -0.1) is 0 Å². The normalized spacial score (nSPS) is 24.9. The number of ketones is 1. The fourth-order valence-corrected chi connectivity index (χ4v) is 2.08. The van der Waals surface area contributed by atoms with Crippen LogP contribution >= 0.6 is 0 Å². The number of hydrogen-bond acceptors (Lipinski definition) is 3. The molecule has 1 aliphatic carbocycles. The van der Waals surface area contributed by atoms with E-state index in [4.69, 9.17) is 5.11 Å². The molecule has 1 saturated carbocycles. The van der Waals surface area contributed by atoms with Crippen LogP contribution in [0.25, 0.3) is 0 Å². The van der Waals surface area contributed by atoms with Gasteiger partial charge in [0.2, 0.25) is 5.91 Å². The molecule has 0 atom stereocenters. The lowest BCUT2D eigenvalue weighted by Crippen LogP contribution is -2.55. The largest absolute Gasteiger partial charge is 0.389 e. The number of rotatable bonds is 1. The third kappa shape index (κ3) is 1.80. The number of likely N-dealkylation sites (tertiary alicyclic amines) is 1.